The molecule has 1 saturated heterocycles. The van der Waals surface area contributed by atoms with Crippen LogP contribution < -0.4 is 5.32 Å². The van der Waals surface area contributed by atoms with Crippen molar-refractivity contribution in [3.05, 3.63) is 41.1 Å². The van der Waals surface area contributed by atoms with Gasteiger partial charge in [-0.25, -0.2) is 13.1 Å². The summed E-state index contributed by atoms with van der Waals surface area (Å²) in [6.07, 6.45) is 0.834. The molecule has 2 aromatic rings. The summed E-state index contributed by atoms with van der Waals surface area (Å²) in [7, 11) is -2.03. The van der Waals surface area contributed by atoms with Gasteiger partial charge in [0.25, 0.3) is 0 Å². The van der Waals surface area contributed by atoms with Crippen LogP contribution in [0.1, 0.15) is 29.7 Å². The highest BCUT2D eigenvalue weighted by atomic mass is 32.2. The molecule has 0 spiro atoms. The fourth-order valence-corrected chi connectivity index (χ4v) is 5.63. The van der Waals surface area contributed by atoms with Crippen LogP contribution in [0.15, 0.2) is 24.3 Å². The molecular formula is C21H24N4O6S. The maximum atomic E-state index is 12.8. The van der Waals surface area contributed by atoms with E-state index in [-0.39, 0.29) is 42.3 Å². The lowest BCUT2D eigenvalue weighted by Crippen LogP contribution is -2.45. The van der Waals surface area contributed by atoms with Crippen molar-refractivity contribution >= 4 is 33.4 Å². The molecule has 0 bridgehead atoms. The molecule has 10 nitrogen and oxygen atoms in total. The molecule has 3 heterocycles. The Morgan fingerprint density at radius 3 is 2.47 bits per heavy atom. The van der Waals surface area contributed by atoms with E-state index in [0.29, 0.717) is 29.8 Å². The van der Waals surface area contributed by atoms with Crippen molar-refractivity contribution in [2.45, 2.75) is 31.3 Å². The van der Waals surface area contributed by atoms with Crippen LogP contribution in [-0.2, 0) is 40.5 Å². The number of nitrogens with zero attached hydrogens (tertiary/aromatic N) is 3. The van der Waals surface area contributed by atoms with Gasteiger partial charge in [-0.15, -0.1) is 0 Å². The lowest BCUT2D eigenvalue weighted by atomic mass is 9.97. The van der Waals surface area contributed by atoms with Crippen LogP contribution >= 0.6 is 0 Å². The van der Waals surface area contributed by atoms with Gasteiger partial charge in [0.2, 0.25) is 0 Å². The first-order valence-corrected chi connectivity index (χ1v) is 12.1. The summed E-state index contributed by atoms with van der Waals surface area (Å²) >= 11 is 0. The molecule has 4 rings (SSSR count). The number of anilines is 1. The quantitative estimate of drug-likeness (QED) is 0.534. The van der Waals surface area contributed by atoms with E-state index in [4.69, 9.17) is 4.74 Å². The third kappa shape index (κ3) is 4.12. The van der Waals surface area contributed by atoms with E-state index < -0.39 is 21.7 Å². The molecule has 2 aliphatic heterocycles. The van der Waals surface area contributed by atoms with E-state index in [2.05, 4.69) is 10.4 Å². The highest BCUT2D eigenvalue weighted by Crippen LogP contribution is 2.33. The number of piperidine rings is 1. The Morgan fingerprint density at radius 1 is 1.12 bits per heavy atom. The highest BCUT2D eigenvalue weighted by molar-refractivity contribution is 7.90. The second-order valence-corrected chi connectivity index (χ2v) is 10.1. The first-order chi connectivity index (χ1) is 15.2. The van der Waals surface area contributed by atoms with E-state index in [1.165, 1.54) is 16.7 Å². The van der Waals surface area contributed by atoms with Crippen molar-refractivity contribution < 1.29 is 27.5 Å². The van der Waals surface area contributed by atoms with E-state index in [1.54, 1.807) is 6.07 Å². The van der Waals surface area contributed by atoms with Gasteiger partial charge in [0.05, 0.1) is 35.9 Å². The Kier molecular flexibility index (Phi) is 5.76. The first kappa shape index (κ1) is 22.0. The van der Waals surface area contributed by atoms with E-state index in [0.717, 1.165) is 5.56 Å². The number of benzene rings is 1. The van der Waals surface area contributed by atoms with Gasteiger partial charge < -0.3 is 15.0 Å². The third-order valence-corrected chi connectivity index (χ3v) is 7.32. The number of hydrogen-bond acceptors (Lipinski definition) is 7. The standard InChI is InChI=1S/C21H24N4O6S/c1-13-5-3-4-6-17(13)25-18(15-11-32(29,30)12-16(15)23-25)22-19(26)20(27)24-9-7-14(8-10-24)21(28)31-2/h3-6,14H,7-12H2,1-2H3,(H,22,26). The number of carbonyl (C=O) groups is 3. The summed E-state index contributed by atoms with van der Waals surface area (Å²) in [5.74, 6) is -2.48. The highest BCUT2D eigenvalue weighted by Gasteiger charge is 2.35. The van der Waals surface area contributed by atoms with Crippen LogP contribution in [-0.4, -0.2) is 61.1 Å². The Bertz CT molecular complexity index is 1190. The zero-order chi connectivity index (χ0) is 23.0. The minimum atomic E-state index is -3.35. The van der Waals surface area contributed by atoms with E-state index in [1.807, 2.05) is 25.1 Å². The zero-order valence-electron chi connectivity index (χ0n) is 17.8. The summed E-state index contributed by atoms with van der Waals surface area (Å²) in [6.45, 7) is 2.40. The number of aryl methyl sites for hydroxylation is 1. The minimum Gasteiger partial charge on any atom is -0.469 e. The number of fused-ring (bicyclic) bond motifs is 1. The molecule has 2 aliphatic rings. The van der Waals surface area contributed by atoms with Gasteiger partial charge in [-0.05, 0) is 31.4 Å². The predicted molar refractivity (Wildman–Crippen MR) is 115 cm³/mol. The molecule has 170 valence electrons. The van der Waals surface area contributed by atoms with Crippen molar-refractivity contribution in [1.82, 2.24) is 14.7 Å². The van der Waals surface area contributed by atoms with Crippen molar-refractivity contribution in [2.24, 2.45) is 5.92 Å². The average Bonchev–Trinajstić information content (AvgIpc) is 3.25. The molecule has 1 N–H and O–H groups in total. The molecule has 32 heavy (non-hydrogen) atoms. The Balaban J connectivity index is 1.57. The number of amides is 2. The van der Waals surface area contributed by atoms with Crippen LogP contribution in [0.4, 0.5) is 5.82 Å². The first-order valence-electron chi connectivity index (χ1n) is 10.3. The number of rotatable bonds is 3. The van der Waals surface area contributed by atoms with Crippen molar-refractivity contribution in [1.29, 1.82) is 0 Å². The number of likely N-dealkylation sites (tertiary alicyclic amines) is 1. The van der Waals surface area contributed by atoms with Crippen molar-refractivity contribution in [3.8, 4) is 5.69 Å². The summed E-state index contributed by atoms with van der Waals surface area (Å²) < 4.78 is 30.5. The van der Waals surface area contributed by atoms with Gasteiger partial charge >= 0.3 is 17.8 Å². The Morgan fingerprint density at radius 2 is 1.81 bits per heavy atom. The van der Waals surface area contributed by atoms with Gasteiger partial charge in [0, 0.05) is 18.7 Å². The van der Waals surface area contributed by atoms with Crippen molar-refractivity contribution in [3.63, 3.8) is 0 Å². The number of hydrogen-bond donors (Lipinski definition) is 1. The monoisotopic (exact) mass is 460 g/mol. The third-order valence-electron chi connectivity index (χ3n) is 5.87. The summed E-state index contributed by atoms with van der Waals surface area (Å²) in [5.41, 5.74) is 2.33. The molecule has 1 aromatic carbocycles. The van der Waals surface area contributed by atoms with Gasteiger partial charge in [-0.2, -0.15) is 5.10 Å². The summed E-state index contributed by atoms with van der Waals surface area (Å²) in [4.78, 5) is 38.7. The lowest BCUT2D eigenvalue weighted by Gasteiger charge is -2.30. The van der Waals surface area contributed by atoms with Crippen LogP contribution in [0, 0.1) is 12.8 Å². The van der Waals surface area contributed by atoms with E-state index >= 15 is 0 Å². The minimum absolute atomic E-state index is 0.193. The normalized spacial score (nSPS) is 17.6. The number of para-hydroxylation sites is 1. The van der Waals surface area contributed by atoms with Crippen LogP contribution in [0.2, 0.25) is 0 Å². The maximum absolute atomic E-state index is 12.8. The number of aromatic nitrogens is 2. The molecule has 1 fully saturated rings. The number of carbonyl (C=O) groups excluding carboxylic acids is 3. The fourth-order valence-electron chi connectivity index (χ4n) is 4.14. The largest absolute Gasteiger partial charge is 0.469 e. The zero-order valence-corrected chi connectivity index (χ0v) is 18.6. The Hall–Kier alpha value is -3.21. The Labute approximate surface area is 185 Å². The number of nitrogens with one attached hydrogen (secondary N) is 1. The summed E-state index contributed by atoms with van der Waals surface area (Å²) in [6, 6.07) is 7.36. The topological polar surface area (TPSA) is 128 Å². The molecule has 11 heteroatoms. The van der Waals surface area contributed by atoms with E-state index in [9.17, 15) is 22.8 Å². The number of sulfone groups is 1. The van der Waals surface area contributed by atoms with Crippen LogP contribution in [0.3, 0.4) is 0 Å². The van der Waals surface area contributed by atoms with Gasteiger partial charge in [-0.1, -0.05) is 18.2 Å². The molecule has 2 amide bonds. The predicted octanol–water partition coefficient (Wildman–Crippen LogP) is 0.959. The fraction of sp³-hybridized carbons (Fsp3) is 0.429. The molecular weight excluding hydrogens is 436 g/mol. The van der Waals surface area contributed by atoms with Crippen molar-refractivity contribution in [2.75, 3.05) is 25.5 Å². The van der Waals surface area contributed by atoms with Gasteiger partial charge in [-0.3, -0.25) is 14.4 Å². The molecule has 0 atom stereocenters. The number of esters is 1. The average molecular weight is 461 g/mol. The van der Waals surface area contributed by atoms with Crippen LogP contribution in [0.25, 0.3) is 5.69 Å². The lowest BCUT2D eigenvalue weighted by molar-refractivity contribution is -0.150. The molecule has 0 saturated carbocycles. The number of methoxy groups -OCH3 is 1. The molecule has 0 radical (unpaired) electrons. The molecule has 1 aromatic heterocycles. The van der Waals surface area contributed by atoms with Crippen LogP contribution in [0.5, 0.6) is 0 Å². The molecule has 0 aliphatic carbocycles. The van der Waals surface area contributed by atoms with Gasteiger partial charge in [0.1, 0.15) is 5.82 Å². The summed E-state index contributed by atoms with van der Waals surface area (Å²) in [5, 5.41) is 7.04. The second-order valence-electron chi connectivity index (χ2n) is 8.05. The maximum Gasteiger partial charge on any atom is 0.315 e. The van der Waals surface area contributed by atoms with Gasteiger partial charge in [0.15, 0.2) is 9.84 Å². The second kappa shape index (κ2) is 8.38. The SMILES string of the molecule is COC(=O)C1CCN(C(=O)C(=O)Nc2c3c(nn2-c2ccccc2C)CS(=O)(=O)C3)CC1. The number of ether oxygens (including phenoxy) is 1. The molecule has 0 unspecified atom stereocenters. The smallest absolute Gasteiger partial charge is 0.315 e.